The highest BCUT2D eigenvalue weighted by molar-refractivity contribution is 7.17. The van der Waals surface area contributed by atoms with Gasteiger partial charge in [-0.2, -0.15) is 0 Å². The van der Waals surface area contributed by atoms with Crippen LogP contribution in [-0.4, -0.2) is 29.2 Å². The number of ether oxygens (including phenoxy) is 1. The molecule has 0 saturated carbocycles. The van der Waals surface area contributed by atoms with Crippen molar-refractivity contribution in [2.24, 2.45) is 0 Å². The number of nitrogens with zero attached hydrogens (tertiary/aromatic N) is 1. The first-order valence-corrected chi connectivity index (χ1v) is 7.51. The first kappa shape index (κ1) is 17.3. The van der Waals surface area contributed by atoms with Crippen LogP contribution in [0.1, 0.15) is 27.0 Å². The molecule has 9 heteroatoms. The Kier molecular flexibility index (Phi) is 5.38. The number of carbonyl (C=O) groups is 3. The number of rotatable bonds is 6. The van der Waals surface area contributed by atoms with Gasteiger partial charge in [0.05, 0.1) is 10.6 Å². The van der Waals surface area contributed by atoms with Crippen LogP contribution in [0.15, 0.2) is 36.4 Å². The minimum absolute atomic E-state index is 0.0265. The Bertz CT molecular complexity index is 814. The van der Waals surface area contributed by atoms with Crippen LogP contribution in [0.2, 0.25) is 0 Å². The highest BCUT2D eigenvalue weighted by atomic mass is 32.1. The van der Waals surface area contributed by atoms with Gasteiger partial charge in [0.15, 0.2) is 12.4 Å². The molecule has 0 saturated heterocycles. The maximum atomic E-state index is 11.8. The van der Waals surface area contributed by atoms with E-state index in [0.29, 0.717) is 22.6 Å². The molecule has 0 fully saturated rings. The van der Waals surface area contributed by atoms with E-state index in [0.717, 1.165) is 0 Å². The fourth-order valence-electron chi connectivity index (χ4n) is 1.82. The fraction of sp³-hybridized carbons (Fsp3) is 0.133. The van der Waals surface area contributed by atoms with Crippen molar-refractivity contribution >= 4 is 39.7 Å². The smallest absolute Gasteiger partial charge is 0.349 e. The van der Waals surface area contributed by atoms with Crippen LogP contribution in [0.4, 0.5) is 10.7 Å². The number of ketones is 1. The number of benzene rings is 1. The molecule has 1 amide bonds. The first-order valence-electron chi connectivity index (χ1n) is 6.69. The lowest BCUT2D eigenvalue weighted by molar-refractivity contribution is -0.380. The number of nitrogens with one attached hydrogen (secondary N) is 1. The second-order valence-corrected chi connectivity index (χ2v) is 5.68. The summed E-state index contributed by atoms with van der Waals surface area (Å²) in [5, 5.41) is 12.9. The molecular weight excluding hydrogens is 336 g/mol. The van der Waals surface area contributed by atoms with Gasteiger partial charge in [0, 0.05) is 11.6 Å². The van der Waals surface area contributed by atoms with E-state index in [1.54, 1.807) is 24.3 Å². The summed E-state index contributed by atoms with van der Waals surface area (Å²) in [6.45, 7) is 0.797. The summed E-state index contributed by atoms with van der Waals surface area (Å²) >= 11 is 0.661. The van der Waals surface area contributed by atoms with Gasteiger partial charge in [-0.1, -0.05) is 23.5 Å². The summed E-state index contributed by atoms with van der Waals surface area (Å²) in [7, 11) is 0. The van der Waals surface area contributed by atoms with Crippen molar-refractivity contribution in [3.05, 3.63) is 57.0 Å². The number of hydrogen-bond donors (Lipinski definition) is 1. The molecule has 1 aromatic carbocycles. The molecule has 1 N–H and O–H groups in total. The van der Waals surface area contributed by atoms with Gasteiger partial charge in [-0.25, -0.2) is 4.79 Å². The number of anilines is 1. The average molecular weight is 348 g/mol. The predicted octanol–water partition coefficient (Wildman–Crippen LogP) is 2.65. The molecule has 0 radical (unpaired) electrons. The number of para-hydroxylation sites is 1. The van der Waals surface area contributed by atoms with Crippen LogP contribution in [-0.2, 0) is 9.53 Å². The molecule has 0 aliphatic heterocycles. The number of nitro groups is 1. The van der Waals surface area contributed by atoms with Crippen molar-refractivity contribution in [2.45, 2.75) is 6.92 Å². The second kappa shape index (κ2) is 7.47. The van der Waals surface area contributed by atoms with E-state index in [4.69, 9.17) is 4.74 Å². The normalized spacial score (nSPS) is 10.0. The maximum absolute atomic E-state index is 11.8. The number of amides is 1. The molecule has 0 spiro atoms. The van der Waals surface area contributed by atoms with Gasteiger partial charge < -0.3 is 10.1 Å². The zero-order chi connectivity index (χ0) is 17.7. The van der Waals surface area contributed by atoms with Crippen LogP contribution < -0.4 is 5.32 Å². The van der Waals surface area contributed by atoms with Gasteiger partial charge in [0.25, 0.3) is 5.91 Å². The lowest BCUT2D eigenvalue weighted by Crippen LogP contribution is -2.21. The third-order valence-electron chi connectivity index (χ3n) is 2.89. The quantitative estimate of drug-likeness (QED) is 0.371. The molecule has 2 aromatic rings. The lowest BCUT2D eigenvalue weighted by Gasteiger charge is -2.09. The van der Waals surface area contributed by atoms with Crippen LogP contribution in [0.3, 0.4) is 0 Å². The monoisotopic (exact) mass is 348 g/mol. The van der Waals surface area contributed by atoms with Gasteiger partial charge in [0.1, 0.15) is 4.88 Å². The van der Waals surface area contributed by atoms with Crippen LogP contribution in [0, 0.1) is 10.1 Å². The van der Waals surface area contributed by atoms with Gasteiger partial charge in [-0.15, -0.1) is 0 Å². The molecule has 0 bridgehead atoms. The average Bonchev–Trinajstić information content (AvgIpc) is 3.03. The van der Waals surface area contributed by atoms with Gasteiger partial charge in [-0.05, 0) is 25.1 Å². The van der Waals surface area contributed by atoms with E-state index in [1.807, 2.05) is 0 Å². The van der Waals surface area contributed by atoms with Crippen LogP contribution in [0.5, 0.6) is 0 Å². The van der Waals surface area contributed by atoms with E-state index in [9.17, 15) is 24.5 Å². The van der Waals surface area contributed by atoms with Crippen molar-refractivity contribution < 1.29 is 24.0 Å². The lowest BCUT2D eigenvalue weighted by atomic mass is 10.1. The number of hydrogen-bond acceptors (Lipinski definition) is 7. The Morgan fingerprint density at radius 1 is 1.21 bits per heavy atom. The third-order valence-corrected chi connectivity index (χ3v) is 3.90. The molecule has 124 valence electrons. The fourth-order valence-corrected chi connectivity index (χ4v) is 2.54. The van der Waals surface area contributed by atoms with Gasteiger partial charge >= 0.3 is 11.0 Å². The minimum atomic E-state index is -0.830. The van der Waals surface area contributed by atoms with Crippen LogP contribution >= 0.6 is 11.3 Å². The Hall–Kier alpha value is -3.07. The van der Waals surface area contributed by atoms with Crippen molar-refractivity contribution in [1.29, 1.82) is 0 Å². The highest BCUT2D eigenvalue weighted by Gasteiger charge is 2.18. The zero-order valence-electron chi connectivity index (χ0n) is 12.5. The first-order chi connectivity index (χ1) is 11.4. The molecular formula is C15H12N2O6S. The zero-order valence-corrected chi connectivity index (χ0v) is 13.3. The molecule has 8 nitrogen and oxygen atoms in total. The number of carbonyl (C=O) groups excluding carboxylic acids is 3. The molecule has 2 rings (SSSR count). The molecule has 0 unspecified atom stereocenters. The predicted molar refractivity (Wildman–Crippen MR) is 86.3 cm³/mol. The highest BCUT2D eigenvalue weighted by Crippen LogP contribution is 2.24. The van der Waals surface area contributed by atoms with E-state index in [-0.39, 0.29) is 15.7 Å². The minimum Gasteiger partial charge on any atom is -0.451 e. The van der Waals surface area contributed by atoms with Crippen molar-refractivity contribution in [3.8, 4) is 0 Å². The summed E-state index contributed by atoms with van der Waals surface area (Å²) in [5.74, 6) is -1.67. The summed E-state index contributed by atoms with van der Waals surface area (Å²) in [4.78, 5) is 45.0. The SMILES string of the molecule is CC(=O)c1ccccc1NC(=O)COC(=O)c1ccc([N+](=O)[O-])s1. The second-order valence-electron chi connectivity index (χ2n) is 4.62. The Morgan fingerprint density at radius 3 is 2.54 bits per heavy atom. The van der Waals surface area contributed by atoms with Crippen molar-refractivity contribution in [1.82, 2.24) is 0 Å². The number of thiophene rings is 1. The maximum Gasteiger partial charge on any atom is 0.349 e. The van der Waals surface area contributed by atoms with E-state index in [1.165, 1.54) is 19.1 Å². The molecule has 24 heavy (non-hydrogen) atoms. The van der Waals surface area contributed by atoms with Crippen LogP contribution in [0.25, 0.3) is 0 Å². The summed E-state index contributed by atoms with van der Waals surface area (Å²) < 4.78 is 4.81. The molecule has 0 aliphatic carbocycles. The molecule has 0 aliphatic rings. The topological polar surface area (TPSA) is 116 Å². The van der Waals surface area contributed by atoms with Crippen molar-refractivity contribution in [3.63, 3.8) is 0 Å². The van der Waals surface area contributed by atoms with Gasteiger partial charge in [-0.3, -0.25) is 19.7 Å². The van der Waals surface area contributed by atoms with E-state index < -0.39 is 23.4 Å². The Labute approximate surface area is 140 Å². The van der Waals surface area contributed by atoms with Crippen molar-refractivity contribution in [2.75, 3.05) is 11.9 Å². The van der Waals surface area contributed by atoms with E-state index >= 15 is 0 Å². The number of Topliss-reactive ketones (excluding diaryl/α,β-unsaturated/α-hetero) is 1. The third kappa shape index (κ3) is 4.23. The Balaban J connectivity index is 1.94. The largest absolute Gasteiger partial charge is 0.451 e. The standard InChI is InChI=1S/C15H12N2O6S/c1-9(18)10-4-2-3-5-11(10)16-13(19)8-23-15(20)12-6-7-14(24-12)17(21)22/h2-7H,8H2,1H3,(H,16,19). The summed E-state index contributed by atoms with van der Waals surface area (Å²) in [6, 6.07) is 8.88. The van der Waals surface area contributed by atoms with E-state index in [2.05, 4.69) is 5.32 Å². The number of esters is 1. The molecule has 0 atom stereocenters. The summed E-state index contributed by atoms with van der Waals surface area (Å²) in [5.41, 5.74) is 0.656. The summed E-state index contributed by atoms with van der Waals surface area (Å²) in [6.07, 6.45) is 0. The van der Waals surface area contributed by atoms with Gasteiger partial charge in [0.2, 0.25) is 0 Å². The Morgan fingerprint density at radius 2 is 1.92 bits per heavy atom. The molecule has 1 heterocycles. The molecule has 1 aromatic heterocycles.